The van der Waals surface area contributed by atoms with Crippen LogP contribution in [0.1, 0.15) is 24.0 Å². The van der Waals surface area contributed by atoms with Crippen molar-refractivity contribution in [2.24, 2.45) is 0 Å². The van der Waals surface area contributed by atoms with Gasteiger partial charge < -0.3 is 10.1 Å². The van der Waals surface area contributed by atoms with Gasteiger partial charge in [-0.25, -0.2) is 4.79 Å². The van der Waals surface area contributed by atoms with E-state index in [-0.39, 0.29) is 18.4 Å². The Morgan fingerprint density at radius 2 is 1.81 bits per heavy atom. The second-order valence-corrected chi connectivity index (χ2v) is 6.71. The highest BCUT2D eigenvalue weighted by Crippen LogP contribution is 2.15. The average molecular weight is 369 g/mol. The van der Waals surface area contributed by atoms with E-state index in [1.807, 2.05) is 67.8 Å². The van der Waals surface area contributed by atoms with Crippen LogP contribution in [0.2, 0.25) is 0 Å². The maximum absolute atomic E-state index is 11.8. The average Bonchev–Trinajstić information content (AvgIpc) is 2.69. The fourth-order valence-corrected chi connectivity index (χ4v) is 2.69. The smallest absolute Gasteiger partial charge is 0.331 e. The molecule has 0 aliphatic rings. The van der Waals surface area contributed by atoms with Gasteiger partial charge in [0.05, 0.1) is 0 Å². The van der Waals surface area contributed by atoms with E-state index < -0.39 is 5.97 Å². The van der Waals surface area contributed by atoms with Gasteiger partial charge in [0, 0.05) is 17.5 Å². The molecule has 5 heteroatoms. The maximum atomic E-state index is 11.8. The van der Waals surface area contributed by atoms with Gasteiger partial charge in [0.1, 0.15) is 0 Å². The van der Waals surface area contributed by atoms with E-state index in [0.29, 0.717) is 6.54 Å². The largest absolute Gasteiger partial charge is 0.452 e. The van der Waals surface area contributed by atoms with Crippen molar-refractivity contribution in [2.45, 2.75) is 17.7 Å². The zero-order valence-corrected chi connectivity index (χ0v) is 15.8. The molecule has 1 amide bonds. The van der Waals surface area contributed by atoms with Crippen LogP contribution in [0, 0.1) is 0 Å². The molecule has 0 fully saturated rings. The van der Waals surface area contributed by atoms with Crippen molar-refractivity contribution in [3.8, 4) is 0 Å². The molecule has 4 nitrogen and oxygen atoms in total. The Labute approximate surface area is 158 Å². The first kappa shape index (κ1) is 19.8. The van der Waals surface area contributed by atoms with Gasteiger partial charge in [-0.15, -0.1) is 11.8 Å². The van der Waals surface area contributed by atoms with Gasteiger partial charge in [0.2, 0.25) is 0 Å². The van der Waals surface area contributed by atoms with E-state index in [0.717, 1.165) is 16.0 Å². The Morgan fingerprint density at radius 1 is 1.12 bits per heavy atom. The monoisotopic (exact) mass is 369 g/mol. The molecule has 1 N–H and O–H groups in total. The molecule has 2 aromatic rings. The van der Waals surface area contributed by atoms with Crippen LogP contribution in [-0.2, 0) is 14.3 Å². The van der Waals surface area contributed by atoms with Crippen molar-refractivity contribution in [3.63, 3.8) is 0 Å². The SMILES string of the molecule is CSc1ccc(/C=C/C(=O)OCC(=O)NC[C@H](C)c2ccccc2)cc1. The summed E-state index contributed by atoms with van der Waals surface area (Å²) < 4.78 is 4.97. The van der Waals surface area contributed by atoms with E-state index in [4.69, 9.17) is 4.74 Å². The van der Waals surface area contributed by atoms with Gasteiger partial charge in [0.25, 0.3) is 5.91 Å². The lowest BCUT2D eigenvalue weighted by atomic mass is 10.0. The van der Waals surface area contributed by atoms with E-state index in [2.05, 4.69) is 5.32 Å². The Kier molecular flexibility index (Phi) is 7.96. The summed E-state index contributed by atoms with van der Waals surface area (Å²) in [6.07, 6.45) is 5.00. The summed E-state index contributed by atoms with van der Waals surface area (Å²) in [6.45, 7) is 2.25. The lowest BCUT2D eigenvalue weighted by Crippen LogP contribution is -2.31. The summed E-state index contributed by atoms with van der Waals surface area (Å²) in [5.41, 5.74) is 2.06. The second kappa shape index (κ2) is 10.5. The zero-order valence-electron chi connectivity index (χ0n) is 15.0. The fraction of sp³-hybridized carbons (Fsp3) is 0.238. The molecule has 0 saturated heterocycles. The number of carbonyl (C=O) groups excluding carboxylic acids is 2. The minimum absolute atomic E-state index is 0.194. The number of carbonyl (C=O) groups is 2. The number of rotatable bonds is 8. The van der Waals surface area contributed by atoms with Crippen molar-refractivity contribution < 1.29 is 14.3 Å². The third-order valence-corrected chi connectivity index (χ3v) is 4.59. The van der Waals surface area contributed by atoms with E-state index in [9.17, 15) is 9.59 Å². The quantitative estimate of drug-likeness (QED) is 0.436. The highest BCUT2D eigenvalue weighted by molar-refractivity contribution is 7.98. The Hall–Kier alpha value is -2.53. The topological polar surface area (TPSA) is 55.4 Å². The normalized spacial score (nSPS) is 11.9. The molecule has 1 atom stereocenters. The molecular weight excluding hydrogens is 346 g/mol. The number of nitrogens with one attached hydrogen (secondary N) is 1. The van der Waals surface area contributed by atoms with Crippen LogP contribution in [0.4, 0.5) is 0 Å². The third-order valence-electron chi connectivity index (χ3n) is 3.85. The van der Waals surface area contributed by atoms with Gasteiger partial charge in [-0.05, 0) is 41.5 Å². The summed E-state index contributed by atoms with van der Waals surface area (Å²) in [4.78, 5) is 24.7. The summed E-state index contributed by atoms with van der Waals surface area (Å²) in [5.74, 6) is -0.649. The number of hydrogen-bond acceptors (Lipinski definition) is 4. The van der Waals surface area contributed by atoms with Crippen LogP contribution in [-0.4, -0.2) is 31.3 Å². The predicted molar refractivity (Wildman–Crippen MR) is 106 cm³/mol. The molecule has 0 radical (unpaired) electrons. The molecule has 2 rings (SSSR count). The van der Waals surface area contributed by atoms with Crippen LogP contribution in [0.15, 0.2) is 65.6 Å². The first-order valence-corrected chi connectivity index (χ1v) is 9.61. The molecule has 0 heterocycles. The third kappa shape index (κ3) is 6.76. The van der Waals surface area contributed by atoms with Crippen LogP contribution in [0.3, 0.4) is 0 Å². The van der Waals surface area contributed by atoms with Crippen molar-refractivity contribution in [1.29, 1.82) is 0 Å². The van der Waals surface area contributed by atoms with E-state index in [1.165, 1.54) is 6.08 Å². The minimum Gasteiger partial charge on any atom is -0.452 e. The molecular formula is C21H23NO3S. The van der Waals surface area contributed by atoms with Gasteiger partial charge in [-0.2, -0.15) is 0 Å². The van der Waals surface area contributed by atoms with Crippen molar-refractivity contribution in [3.05, 3.63) is 71.8 Å². The molecule has 2 aromatic carbocycles. The molecule has 0 spiro atoms. The van der Waals surface area contributed by atoms with Gasteiger partial charge in [-0.1, -0.05) is 49.4 Å². The number of benzene rings is 2. The molecule has 136 valence electrons. The van der Waals surface area contributed by atoms with Crippen molar-refractivity contribution >= 4 is 29.7 Å². The van der Waals surface area contributed by atoms with Crippen LogP contribution >= 0.6 is 11.8 Å². The zero-order chi connectivity index (χ0) is 18.8. The van der Waals surface area contributed by atoms with Crippen molar-refractivity contribution in [1.82, 2.24) is 5.32 Å². The first-order chi connectivity index (χ1) is 12.6. The molecule has 0 aliphatic carbocycles. The standard InChI is InChI=1S/C21H23NO3S/c1-16(18-6-4-3-5-7-18)14-22-20(23)15-25-21(24)13-10-17-8-11-19(26-2)12-9-17/h3-13,16H,14-15H2,1-2H3,(H,22,23)/b13-10+/t16-/m0/s1. The Morgan fingerprint density at radius 3 is 2.46 bits per heavy atom. The van der Waals surface area contributed by atoms with Crippen LogP contribution < -0.4 is 5.32 Å². The summed E-state index contributed by atoms with van der Waals surface area (Å²) in [7, 11) is 0. The van der Waals surface area contributed by atoms with Gasteiger partial charge >= 0.3 is 5.97 Å². The lowest BCUT2D eigenvalue weighted by Gasteiger charge is -2.12. The summed E-state index contributed by atoms with van der Waals surface area (Å²) in [6, 6.07) is 17.8. The Bertz CT molecular complexity index is 742. The molecule has 0 bridgehead atoms. The number of amides is 1. The first-order valence-electron chi connectivity index (χ1n) is 8.39. The summed E-state index contributed by atoms with van der Waals surface area (Å²) >= 11 is 1.66. The second-order valence-electron chi connectivity index (χ2n) is 5.83. The molecule has 0 unspecified atom stereocenters. The molecule has 26 heavy (non-hydrogen) atoms. The molecule has 0 saturated carbocycles. The number of thioether (sulfide) groups is 1. The lowest BCUT2D eigenvalue weighted by molar-refractivity contribution is -0.143. The van der Waals surface area contributed by atoms with E-state index >= 15 is 0 Å². The number of hydrogen-bond donors (Lipinski definition) is 1. The highest BCUT2D eigenvalue weighted by atomic mass is 32.2. The fourth-order valence-electron chi connectivity index (χ4n) is 2.28. The van der Waals surface area contributed by atoms with Crippen LogP contribution in [0.25, 0.3) is 6.08 Å². The predicted octanol–water partition coefficient (Wildman–Crippen LogP) is 3.88. The molecule has 0 aromatic heterocycles. The van der Waals surface area contributed by atoms with Gasteiger partial charge in [0.15, 0.2) is 6.61 Å². The van der Waals surface area contributed by atoms with E-state index in [1.54, 1.807) is 17.8 Å². The number of esters is 1. The van der Waals surface area contributed by atoms with Gasteiger partial charge in [-0.3, -0.25) is 4.79 Å². The maximum Gasteiger partial charge on any atom is 0.331 e. The van der Waals surface area contributed by atoms with Crippen molar-refractivity contribution in [2.75, 3.05) is 19.4 Å². The summed E-state index contributed by atoms with van der Waals surface area (Å²) in [5, 5.41) is 2.78. The van der Waals surface area contributed by atoms with Crippen LogP contribution in [0.5, 0.6) is 0 Å². The minimum atomic E-state index is -0.537. The number of ether oxygens (including phenoxy) is 1. The Balaban J connectivity index is 1.70. The molecule has 0 aliphatic heterocycles. The highest BCUT2D eigenvalue weighted by Gasteiger charge is 2.09.